The molecule has 2 heterocycles. The van der Waals surface area contributed by atoms with Crippen LogP contribution in [-0.2, 0) is 4.74 Å². The van der Waals surface area contributed by atoms with Crippen LogP contribution in [0.5, 0.6) is 0 Å². The fraction of sp³-hybridized carbons (Fsp3) is 0.647. The van der Waals surface area contributed by atoms with E-state index in [1.165, 1.54) is 37.3 Å². The number of hydrogen-bond acceptors (Lipinski definition) is 4. The predicted octanol–water partition coefficient (Wildman–Crippen LogP) is 2.84. The van der Waals surface area contributed by atoms with Gasteiger partial charge in [-0.1, -0.05) is 12.1 Å². The molecule has 0 saturated carbocycles. The Hall–Kier alpha value is -0.710. The van der Waals surface area contributed by atoms with Gasteiger partial charge >= 0.3 is 0 Å². The molecule has 0 amide bonds. The summed E-state index contributed by atoms with van der Waals surface area (Å²) in [5.41, 5.74) is 2.64. The molecule has 2 saturated heterocycles. The first-order chi connectivity index (χ1) is 10.2. The van der Waals surface area contributed by atoms with Crippen LogP contribution < -0.4 is 4.90 Å². The standard InChI is InChI=1S/C17H26N2OS/c1-14(21)16-2-4-17(5-3-16)19-9-7-18(8-10-19)12-15-6-11-20-13-15/h2-5,14-15,21H,6-13H2,1H3. The average Bonchev–Trinajstić information content (AvgIpc) is 3.01. The Bertz CT molecular complexity index is 435. The molecule has 0 bridgehead atoms. The van der Waals surface area contributed by atoms with Crippen molar-refractivity contribution >= 4 is 18.3 Å². The summed E-state index contributed by atoms with van der Waals surface area (Å²) >= 11 is 4.49. The molecule has 0 spiro atoms. The molecule has 21 heavy (non-hydrogen) atoms. The van der Waals surface area contributed by atoms with Gasteiger partial charge in [0.05, 0.1) is 6.61 Å². The third-order valence-electron chi connectivity index (χ3n) is 4.65. The minimum absolute atomic E-state index is 0.310. The van der Waals surface area contributed by atoms with Gasteiger partial charge in [0.1, 0.15) is 0 Å². The van der Waals surface area contributed by atoms with Gasteiger partial charge in [-0.3, -0.25) is 4.90 Å². The third kappa shape index (κ3) is 3.93. The largest absolute Gasteiger partial charge is 0.381 e. The number of hydrogen-bond donors (Lipinski definition) is 1. The lowest BCUT2D eigenvalue weighted by Crippen LogP contribution is -2.47. The van der Waals surface area contributed by atoms with Gasteiger partial charge in [0.15, 0.2) is 0 Å². The van der Waals surface area contributed by atoms with Gasteiger partial charge in [0.2, 0.25) is 0 Å². The van der Waals surface area contributed by atoms with Gasteiger partial charge in [0.25, 0.3) is 0 Å². The van der Waals surface area contributed by atoms with Crippen molar-refractivity contribution < 1.29 is 4.74 Å². The lowest BCUT2D eigenvalue weighted by molar-refractivity contribution is 0.164. The van der Waals surface area contributed by atoms with E-state index in [2.05, 4.69) is 53.6 Å². The molecule has 1 aromatic carbocycles. The number of anilines is 1. The first-order valence-corrected chi connectivity index (χ1v) is 8.57. The predicted molar refractivity (Wildman–Crippen MR) is 91.4 cm³/mol. The molecule has 1 aromatic rings. The lowest BCUT2D eigenvalue weighted by Gasteiger charge is -2.37. The fourth-order valence-corrected chi connectivity index (χ4v) is 3.42. The molecule has 0 radical (unpaired) electrons. The molecular weight excluding hydrogens is 280 g/mol. The van der Waals surface area contributed by atoms with Crippen molar-refractivity contribution in [1.82, 2.24) is 4.90 Å². The second kappa shape index (κ2) is 7.03. The second-order valence-corrected chi connectivity index (χ2v) is 7.06. The van der Waals surface area contributed by atoms with E-state index in [0.717, 1.165) is 32.2 Å². The highest BCUT2D eigenvalue weighted by Gasteiger charge is 2.22. The van der Waals surface area contributed by atoms with Crippen molar-refractivity contribution in [3.63, 3.8) is 0 Å². The van der Waals surface area contributed by atoms with Gasteiger partial charge in [0, 0.05) is 50.3 Å². The number of nitrogens with zero attached hydrogens (tertiary/aromatic N) is 2. The number of ether oxygens (including phenoxy) is 1. The summed E-state index contributed by atoms with van der Waals surface area (Å²) in [6, 6.07) is 8.88. The molecule has 2 unspecified atom stereocenters. The van der Waals surface area contributed by atoms with E-state index in [0.29, 0.717) is 5.25 Å². The Morgan fingerprint density at radius 1 is 1.19 bits per heavy atom. The van der Waals surface area contributed by atoms with E-state index >= 15 is 0 Å². The highest BCUT2D eigenvalue weighted by molar-refractivity contribution is 7.80. The van der Waals surface area contributed by atoms with E-state index < -0.39 is 0 Å². The minimum atomic E-state index is 0.310. The highest BCUT2D eigenvalue weighted by atomic mass is 32.1. The molecule has 2 aliphatic rings. The SMILES string of the molecule is CC(S)c1ccc(N2CCN(CC3CCOC3)CC2)cc1. The molecule has 0 aliphatic carbocycles. The van der Waals surface area contributed by atoms with Crippen molar-refractivity contribution in [2.75, 3.05) is 50.8 Å². The summed E-state index contributed by atoms with van der Waals surface area (Å²) in [5, 5.41) is 0.310. The normalized spacial score (nSPS) is 25.2. The first kappa shape index (κ1) is 15.2. The summed E-state index contributed by atoms with van der Waals surface area (Å²) < 4.78 is 5.48. The van der Waals surface area contributed by atoms with Gasteiger partial charge in [-0.15, -0.1) is 0 Å². The molecule has 2 aliphatic heterocycles. The smallest absolute Gasteiger partial charge is 0.0507 e. The van der Waals surface area contributed by atoms with Crippen LogP contribution in [-0.4, -0.2) is 50.8 Å². The molecule has 0 aromatic heterocycles. The maximum Gasteiger partial charge on any atom is 0.0507 e. The maximum absolute atomic E-state index is 5.48. The van der Waals surface area contributed by atoms with E-state index in [1.807, 2.05) is 0 Å². The maximum atomic E-state index is 5.48. The van der Waals surface area contributed by atoms with Gasteiger partial charge < -0.3 is 9.64 Å². The molecule has 4 heteroatoms. The van der Waals surface area contributed by atoms with E-state index in [4.69, 9.17) is 4.74 Å². The van der Waals surface area contributed by atoms with Crippen molar-refractivity contribution in [2.45, 2.75) is 18.6 Å². The lowest BCUT2D eigenvalue weighted by atomic mass is 10.1. The number of thiol groups is 1. The molecule has 2 atom stereocenters. The van der Waals surface area contributed by atoms with Crippen LogP contribution in [0.1, 0.15) is 24.2 Å². The third-order valence-corrected chi connectivity index (χ3v) is 4.95. The van der Waals surface area contributed by atoms with Crippen LogP contribution >= 0.6 is 12.6 Å². The Kier molecular flexibility index (Phi) is 5.09. The number of piperazine rings is 1. The van der Waals surface area contributed by atoms with Crippen LogP contribution in [0.2, 0.25) is 0 Å². The minimum Gasteiger partial charge on any atom is -0.381 e. The van der Waals surface area contributed by atoms with Crippen LogP contribution in [0.3, 0.4) is 0 Å². The van der Waals surface area contributed by atoms with Crippen LogP contribution in [0.15, 0.2) is 24.3 Å². The molecule has 3 nitrogen and oxygen atoms in total. The summed E-state index contributed by atoms with van der Waals surface area (Å²) in [5.74, 6) is 0.757. The second-order valence-electron chi connectivity index (χ2n) is 6.28. The van der Waals surface area contributed by atoms with Crippen LogP contribution in [0.25, 0.3) is 0 Å². The zero-order chi connectivity index (χ0) is 14.7. The van der Waals surface area contributed by atoms with Crippen LogP contribution in [0, 0.1) is 5.92 Å². The topological polar surface area (TPSA) is 15.7 Å². The zero-order valence-corrected chi connectivity index (χ0v) is 13.8. The van der Waals surface area contributed by atoms with Crippen molar-refractivity contribution in [3.8, 4) is 0 Å². The zero-order valence-electron chi connectivity index (χ0n) is 12.9. The summed E-state index contributed by atoms with van der Waals surface area (Å²) in [4.78, 5) is 5.09. The van der Waals surface area contributed by atoms with Crippen molar-refractivity contribution in [3.05, 3.63) is 29.8 Å². The number of rotatable bonds is 4. The summed E-state index contributed by atoms with van der Waals surface area (Å²) in [7, 11) is 0. The van der Waals surface area contributed by atoms with E-state index in [9.17, 15) is 0 Å². The summed E-state index contributed by atoms with van der Waals surface area (Å²) in [6.45, 7) is 9.84. The molecule has 116 valence electrons. The Morgan fingerprint density at radius 2 is 1.90 bits per heavy atom. The fourth-order valence-electron chi connectivity index (χ4n) is 3.24. The van der Waals surface area contributed by atoms with Crippen LogP contribution in [0.4, 0.5) is 5.69 Å². The monoisotopic (exact) mass is 306 g/mol. The number of benzene rings is 1. The Morgan fingerprint density at radius 3 is 2.48 bits per heavy atom. The molecule has 3 rings (SSSR count). The molecule has 2 fully saturated rings. The van der Waals surface area contributed by atoms with Crippen molar-refractivity contribution in [2.24, 2.45) is 5.92 Å². The quantitative estimate of drug-likeness (QED) is 0.862. The first-order valence-electron chi connectivity index (χ1n) is 8.05. The van der Waals surface area contributed by atoms with E-state index in [1.54, 1.807) is 0 Å². The van der Waals surface area contributed by atoms with Crippen molar-refractivity contribution in [1.29, 1.82) is 0 Å². The van der Waals surface area contributed by atoms with Gasteiger partial charge in [-0.05, 0) is 37.0 Å². The summed E-state index contributed by atoms with van der Waals surface area (Å²) in [6.07, 6.45) is 1.24. The average molecular weight is 306 g/mol. The highest BCUT2D eigenvalue weighted by Crippen LogP contribution is 2.23. The Balaban J connectivity index is 1.50. The Labute approximate surface area is 133 Å². The van der Waals surface area contributed by atoms with Gasteiger partial charge in [-0.2, -0.15) is 12.6 Å². The molecule has 0 N–H and O–H groups in total. The molecular formula is C17H26N2OS. The van der Waals surface area contributed by atoms with Gasteiger partial charge in [-0.25, -0.2) is 0 Å². The van der Waals surface area contributed by atoms with E-state index in [-0.39, 0.29) is 0 Å².